The number of alkyl halides is 3. The first-order valence-electron chi connectivity index (χ1n) is 5.92. The number of amides is 2. The van der Waals surface area contributed by atoms with Crippen molar-refractivity contribution in [3.63, 3.8) is 0 Å². The summed E-state index contributed by atoms with van der Waals surface area (Å²) in [5, 5.41) is 30.1. The van der Waals surface area contributed by atoms with Gasteiger partial charge in [0.25, 0.3) is 0 Å². The number of aliphatic hydroxyl groups excluding tert-OH is 3. The molecule has 2 rings (SSSR count). The fourth-order valence-electron chi connectivity index (χ4n) is 2.12. The molecule has 0 aromatic heterocycles. The van der Waals surface area contributed by atoms with Crippen molar-refractivity contribution in [2.45, 2.75) is 36.9 Å². The summed E-state index contributed by atoms with van der Waals surface area (Å²) in [5.74, 6) is 0. The first kappa shape index (κ1) is 16.0. The Morgan fingerprint density at radius 1 is 1.38 bits per heavy atom. The van der Waals surface area contributed by atoms with Crippen LogP contribution in [-0.2, 0) is 4.74 Å². The number of carbonyl (C=O) groups excluding carboxylic acids is 1. The first-order chi connectivity index (χ1) is 9.66. The Labute approximate surface area is 116 Å². The highest BCUT2D eigenvalue weighted by Gasteiger charge is 2.49. The van der Waals surface area contributed by atoms with Gasteiger partial charge in [-0.15, -0.1) is 0 Å². The van der Waals surface area contributed by atoms with E-state index in [1.54, 1.807) is 0 Å². The van der Waals surface area contributed by atoms with E-state index in [1.165, 1.54) is 0 Å². The lowest BCUT2D eigenvalue weighted by atomic mass is 10.1. The molecule has 0 aromatic rings. The second-order valence-corrected chi connectivity index (χ2v) is 4.65. The van der Waals surface area contributed by atoms with Crippen LogP contribution in [-0.4, -0.2) is 69.7 Å². The van der Waals surface area contributed by atoms with E-state index in [1.807, 2.05) is 5.32 Å². The maximum Gasteiger partial charge on any atom is 0.417 e. The van der Waals surface area contributed by atoms with E-state index in [-0.39, 0.29) is 0 Å². The van der Waals surface area contributed by atoms with Crippen molar-refractivity contribution in [2.75, 3.05) is 6.61 Å². The van der Waals surface area contributed by atoms with Crippen molar-refractivity contribution in [1.82, 2.24) is 10.2 Å². The van der Waals surface area contributed by atoms with Crippen LogP contribution < -0.4 is 11.1 Å². The Hall–Kier alpha value is -1.40. The van der Waals surface area contributed by atoms with Crippen LogP contribution in [0.15, 0.2) is 11.8 Å². The third kappa shape index (κ3) is 2.82. The number of carbonyl (C=O) groups is 1. The molecule has 120 valence electrons. The zero-order valence-corrected chi connectivity index (χ0v) is 10.5. The number of hydrogen-bond donors (Lipinski definition) is 5. The zero-order chi connectivity index (χ0) is 15.9. The summed E-state index contributed by atoms with van der Waals surface area (Å²) in [6.07, 6.45) is -12.1. The van der Waals surface area contributed by atoms with E-state index in [9.17, 15) is 28.2 Å². The van der Waals surface area contributed by atoms with Gasteiger partial charge >= 0.3 is 12.2 Å². The summed E-state index contributed by atoms with van der Waals surface area (Å²) in [5.41, 5.74) is 3.96. The Kier molecular flexibility index (Phi) is 4.13. The molecule has 1 fully saturated rings. The average Bonchev–Trinajstić information content (AvgIpc) is 2.65. The van der Waals surface area contributed by atoms with Crippen LogP contribution in [0.3, 0.4) is 0 Å². The number of nitrogens with two attached hydrogens (primary N) is 1. The second-order valence-electron chi connectivity index (χ2n) is 4.65. The van der Waals surface area contributed by atoms with Crippen LogP contribution >= 0.6 is 0 Å². The number of urea groups is 1. The molecule has 0 aliphatic carbocycles. The predicted octanol–water partition coefficient (Wildman–Crippen LogP) is -1.82. The normalized spacial score (nSPS) is 37.5. The van der Waals surface area contributed by atoms with Crippen LogP contribution in [0.1, 0.15) is 0 Å². The molecule has 0 spiro atoms. The van der Waals surface area contributed by atoms with Crippen LogP contribution in [0.2, 0.25) is 0 Å². The summed E-state index contributed by atoms with van der Waals surface area (Å²) in [4.78, 5) is 12.2. The summed E-state index contributed by atoms with van der Waals surface area (Å²) in [6.45, 7) is -0.667. The molecule has 2 aliphatic rings. The van der Waals surface area contributed by atoms with Crippen molar-refractivity contribution >= 4 is 6.03 Å². The third-order valence-corrected chi connectivity index (χ3v) is 3.25. The lowest BCUT2D eigenvalue weighted by Crippen LogP contribution is -2.58. The van der Waals surface area contributed by atoms with Crippen molar-refractivity contribution < 1.29 is 38.0 Å². The van der Waals surface area contributed by atoms with Gasteiger partial charge in [0.1, 0.15) is 24.5 Å². The molecule has 2 heterocycles. The van der Waals surface area contributed by atoms with Crippen molar-refractivity contribution in [2.24, 2.45) is 5.73 Å². The summed E-state index contributed by atoms with van der Waals surface area (Å²) in [6, 6.07) is -1.02. The molecule has 6 N–H and O–H groups in total. The third-order valence-electron chi connectivity index (χ3n) is 3.25. The van der Waals surface area contributed by atoms with E-state index in [0.29, 0.717) is 11.1 Å². The highest BCUT2D eigenvalue weighted by atomic mass is 19.4. The van der Waals surface area contributed by atoms with Crippen LogP contribution in [0.5, 0.6) is 0 Å². The lowest BCUT2D eigenvalue weighted by molar-refractivity contribution is -0.103. The molecule has 0 radical (unpaired) electrons. The van der Waals surface area contributed by atoms with E-state index in [0.717, 1.165) is 0 Å². The molecule has 21 heavy (non-hydrogen) atoms. The maximum absolute atomic E-state index is 12.8. The Morgan fingerprint density at radius 3 is 2.48 bits per heavy atom. The molecule has 1 saturated heterocycles. The quantitative estimate of drug-likeness (QED) is 0.408. The first-order valence-corrected chi connectivity index (χ1v) is 5.92. The van der Waals surface area contributed by atoms with Gasteiger partial charge in [-0.05, 0) is 0 Å². The van der Waals surface area contributed by atoms with E-state index < -0.39 is 55.1 Å². The van der Waals surface area contributed by atoms with Gasteiger partial charge in [0.2, 0.25) is 0 Å². The van der Waals surface area contributed by atoms with Crippen LogP contribution in [0.25, 0.3) is 0 Å². The molecule has 2 aliphatic heterocycles. The summed E-state index contributed by atoms with van der Waals surface area (Å²) < 4.78 is 43.3. The summed E-state index contributed by atoms with van der Waals surface area (Å²) >= 11 is 0. The minimum absolute atomic E-state index is 0.420. The average molecular weight is 313 g/mol. The van der Waals surface area contributed by atoms with Crippen molar-refractivity contribution in [3.05, 3.63) is 11.8 Å². The highest BCUT2D eigenvalue weighted by Crippen LogP contribution is 2.32. The molecule has 0 bridgehead atoms. The monoisotopic (exact) mass is 313 g/mol. The number of hydrogen-bond acceptors (Lipinski definition) is 6. The Morgan fingerprint density at radius 2 is 2.00 bits per heavy atom. The number of rotatable bonds is 2. The van der Waals surface area contributed by atoms with Gasteiger partial charge in [0.05, 0.1) is 12.2 Å². The molecule has 0 saturated carbocycles. The fourth-order valence-corrected chi connectivity index (χ4v) is 2.12. The Bertz CT molecular complexity index is 458. The minimum Gasteiger partial charge on any atom is -0.394 e. The SMILES string of the molecule is NC1NC(=O)N([C@@H]2O[C@H](CO)C(O)C2O)C=C1C(F)(F)F. The number of ether oxygens (including phenoxy) is 1. The van der Waals surface area contributed by atoms with E-state index in [4.69, 9.17) is 15.6 Å². The van der Waals surface area contributed by atoms with Gasteiger partial charge in [0.15, 0.2) is 6.23 Å². The molecule has 3 unspecified atom stereocenters. The van der Waals surface area contributed by atoms with Crippen LogP contribution in [0, 0.1) is 0 Å². The van der Waals surface area contributed by atoms with Gasteiger partial charge in [0, 0.05) is 6.20 Å². The van der Waals surface area contributed by atoms with Crippen LogP contribution in [0.4, 0.5) is 18.0 Å². The molecular weight excluding hydrogens is 299 g/mol. The van der Waals surface area contributed by atoms with Gasteiger partial charge in [-0.1, -0.05) is 0 Å². The van der Waals surface area contributed by atoms with Crippen molar-refractivity contribution in [1.29, 1.82) is 0 Å². The second kappa shape index (κ2) is 5.42. The summed E-state index contributed by atoms with van der Waals surface area (Å²) in [7, 11) is 0. The van der Waals surface area contributed by atoms with Gasteiger partial charge in [-0.3, -0.25) is 4.90 Å². The predicted molar refractivity (Wildman–Crippen MR) is 60.2 cm³/mol. The molecule has 11 heteroatoms. The zero-order valence-electron chi connectivity index (χ0n) is 10.5. The van der Waals surface area contributed by atoms with Crippen molar-refractivity contribution in [3.8, 4) is 0 Å². The van der Waals surface area contributed by atoms with Gasteiger partial charge in [-0.2, -0.15) is 13.2 Å². The number of aliphatic hydroxyl groups is 3. The number of nitrogens with one attached hydrogen (secondary N) is 1. The minimum atomic E-state index is -4.79. The highest BCUT2D eigenvalue weighted by molar-refractivity contribution is 5.78. The topological polar surface area (TPSA) is 128 Å². The largest absolute Gasteiger partial charge is 0.417 e. The standard InChI is InChI=1S/C10H14F3N3O5/c11-10(12,13)3-1-16(9(20)15-7(3)14)8-6(19)5(18)4(2-17)21-8/h1,4-8,17-19H,2,14H2,(H,15,20)/t4-,5?,6?,7?,8-/m1/s1. The fraction of sp³-hybridized carbons (Fsp3) is 0.700. The van der Waals surface area contributed by atoms with Gasteiger partial charge < -0.3 is 31.1 Å². The number of nitrogens with zero attached hydrogens (tertiary/aromatic N) is 1. The molecule has 2 amide bonds. The van der Waals surface area contributed by atoms with E-state index >= 15 is 0 Å². The molecular formula is C10H14F3N3O5. The Balaban J connectivity index is 2.30. The smallest absolute Gasteiger partial charge is 0.394 e. The maximum atomic E-state index is 12.8. The van der Waals surface area contributed by atoms with E-state index in [2.05, 4.69) is 0 Å². The molecule has 0 aromatic carbocycles. The molecule has 5 atom stereocenters. The number of halogens is 3. The lowest BCUT2D eigenvalue weighted by Gasteiger charge is -2.34. The van der Waals surface area contributed by atoms with Gasteiger partial charge in [-0.25, -0.2) is 4.79 Å². The molecule has 8 nitrogen and oxygen atoms in total.